The van der Waals surface area contributed by atoms with Crippen LogP contribution in [-0.2, 0) is 25.4 Å². The number of aliphatic hydroxyl groups is 5. The molecule has 0 saturated carbocycles. The minimum Gasteiger partial charge on any atom is -0.504 e. The zero-order chi connectivity index (χ0) is 26.1. The Morgan fingerprint density at radius 3 is 2.46 bits per heavy atom. The SMILES string of the molecule is C/C(=C\C[C@@H](O)/C(C)=C/CO)C(=O)OC[C@H]1O[C@@H](OCCc2ccc(O)c(O)c2)[C@H](O)[C@@H](O)[C@@H]1O. The Kier molecular flexibility index (Phi) is 11.1. The van der Waals surface area contributed by atoms with Crippen molar-refractivity contribution in [3.05, 3.63) is 47.1 Å². The molecule has 1 aromatic carbocycles. The van der Waals surface area contributed by atoms with Crippen LogP contribution >= 0.6 is 0 Å². The maximum absolute atomic E-state index is 12.3. The fraction of sp³-hybridized carbons (Fsp3) is 0.542. The third kappa shape index (κ3) is 8.29. The van der Waals surface area contributed by atoms with Gasteiger partial charge in [0.05, 0.1) is 19.3 Å². The molecule has 1 saturated heterocycles. The summed E-state index contributed by atoms with van der Waals surface area (Å²) in [5, 5.41) is 68.3. The van der Waals surface area contributed by atoms with Crippen molar-refractivity contribution in [1.29, 1.82) is 0 Å². The van der Waals surface area contributed by atoms with Gasteiger partial charge >= 0.3 is 5.97 Å². The molecule has 1 aliphatic rings. The zero-order valence-electron chi connectivity index (χ0n) is 19.6. The highest BCUT2D eigenvalue weighted by atomic mass is 16.7. The molecule has 6 atom stereocenters. The summed E-state index contributed by atoms with van der Waals surface area (Å²) in [4.78, 5) is 12.3. The van der Waals surface area contributed by atoms with Crippen molar-refractivity contribution in [3.8, 4) is 11.5 Å². The second-order valence-electron chi connectivity index (χ2n) is 8.33. The van der Waals surface area contributed by atoms with Gasteiger partial charge in [0.2, 0.25) is 0 Å². The summed E-state index contributed by atoms with van der Waals surface area (Å²) in [7, 11) is 0. The highest BCUT2D eigenvalue weighted by molar-refractivity contribution is 5.87. The Bertz CT molecular complexity index is 897. The Morgan fingerprint density at radius 2 is 1.80 bits per heavy atom. The molecule has 0 amide bonds. The monoisotopic (exact) mass is 498 g/mol. The molecule has 35 heavy (non-hydrogen) atoms. The molecule has 0 aliphatic carbocycles. The van der Waals surface area contributed by atoms with Crippen molar-refractivity contribution in [2.45, 2.75) is 63.5 Å². The molecule has 2 rings (SSSR count). The van der Waals surface area contributed by atoms with E-state index in [-0.39, 0.29) is 36.7 Å². The summed E-state index contributed by atoms with van der Waals surface area (Å²) in [6.45, 7) is 2.53. The van der Waals surface area contributed by atoms with Crippen LogP contribution in [0.3, 0.4) is 0 Å². The molecule has 0 spiro atoms. The molecule has 1 aromatic rings. The third-order valence-electron chi connectivity index (χ3n) is 5.67. The number of esters is 1. The molecule has 11 nitrogen and oxygen atoms in total. The third-order valence-corrected chi connectivity index (χ3v) is 5.67. The lowest BCUT2D eigenvalue weighted by Crippen LogP contribution is -2.59. The molecule has 0 aromatic heterocycles. The molecule has 0 bridgehead atoms. The van der Waals surface area contributed by atoms with Crippen LogP contribution in [0.5, 0.6) is 11.5 Å². The fourth-order valence-electron chi connectivity index (χ4n) is 3.32. The van der Waals surface area contributed by atoms with Gasteiger partial charge in [-0.3, -0.25) is 0 Å². The molecular weight excluding hydrogens is 464 g/mol. The number of ether oxygens (including phenoxy) is 3. The van der Waals surface area contributed by atoms with Crippen LogP contribution < -0.4 is 0 Å². The zero-order valence-corrected chi connectivity index (χ0v) is 19.6. The van der Waals surface area contributed by atoms with E-state index in [1.165, 1.54) is 31.2 Å². The van der Waals surface area contributed by atoms with Crippen LogP contribution in [0.4, 0.5) is 0 Å². The van der Waals surface area contributed by atoms with Crippen LogP contribution in [0, 0.1) is 0 Å². The number of carbonyl (C=O) groups is 1. The van der Waals surface area contributed by atoms with E-state index in [1.54, 1.807) is 13.0 Å². The van der Waals surface area contributed by atoms with Gasteiger partial charge in [-0.25, -0.2) is 4.79 Å². The highest BCUT2D eigenvalue weighted by Crippen LogP contribution is 2.26. The van der Waals surface area contributed by atoms with E-state index in [0.29, 0.717) is 17.6 Å². The smallest absolute Gasteiger partial charge is 0.333 e. The summed E-state index contributed by atoms with van der Waals surface area (Å²) in [6, 6.07) is 4.26. The summed E-state index contributed by atoms with van der Waals surface area (Å²) in [6.07, 6.45) is -4.69. The molecular formula is C24H34O11. The van der Waals surface area contributed by atoms with Gasteiger partial charge in [0, 0.05) is 5.57 Å². The fourth-order valence-corrected chi connectivity index (χ4v) is 3.32. The van der Waals surface area contributed by atoms with Crippen molar-refractivity contribution in [2.24, 2.45) is 0 Å². The van der Waals surface area contributed by atoms with Gasteiger partial charge in [0.1, 0.15) is 31.0 Å². The lowest BCUT2D eigenvalue weighted by Gasteiger charge is -2.40. The number of phenolic OH excluding ortho intramolecular Hbond substituents is 2. The van der Waals surface area contributed by atoms with Gasteiger partial charge in [0.15, 0.2) is 17.8 Å². The van der Waals surface area contributed by atoms with E-state index in [4.69, 9.17) is 19.3 Å². The lowest BCUT2D eigenvalue weighted by molar-refractivity contribution is -0.301. The summed E-state index contributed by atoms with van der Waals surface area (Å²) < 4.78 is 16.2. The predicted molar refractivity (Wildman–Crippen MR) is 122 cm³/mol. The first-order valence-corrected chi connectivity index (χ1v) is 11.2. The van der Waals surface area contributed by atoms with Gasteiger partial charge in [-0.15, -0.1) is 0 Å². The van der Waals surface area contributed by atoms with E-state index < -0.39 is 49.4 Å². The highest BCUT2D eigenvalue weighted by Gasteiger charge is 2.44. The Morgan fingerprint density at radius 1 is 1.09 bits per heavy atom. The van der Waals surface area contributed by atoms with Crippen LogP contribution in [0.15, 0.2) is 41.5 Å². The van der Waals surface area contributed by atoms with Gasteiger partial charge in [0.25, 0.3) is 0 Å². The van der Waals surface area contributed by atoms with Crippen molar-refractivity contribution in [1.82, 2.24) is 0 Å². The molecule has 0 unspecified atom stereocenters. The quantitative estimate of drug-likeness (QED) is 0.0914. The molecule has 196 valence electrons. The first-order valence-electron chi connectivity index (χ1n) is 11.2. The molecule has 11 heteroatoms. The van der Waals surface area contributed by atoms with Gasteiger partial charge in [-0.2, -0.15) is 0 Å². The van der Waals surface area contributed by atoms with E-state index in [0.717, 1.165) is 0 Å². The van der Waals surface area contributed by atoms with E-state index >= 15 is 0 Å². The van der Waals surface area contributed by atoms with Crippen molar-refractivity contribution >= 4 is 5.97 Å². The summed E-state index contributed by atoms with van der Waals surface area (Å²) in [5.41, 5.74) is 1.41. The lowest BCUT2D eigenvalue weighted by atomic mass is 9.99. The Hall–Kier alpha value is -2.51. The maximum atomic E-state index is 12.3. The average molecular weight is 499 g/mol. The predicted octanol–water partition coefficient (Wildman–Crippen LogP) is -0.356. The second kappa shape index (κ2) is 13.5. The van der Waals surface area contributed by atoms with Crippen molar-refractivity contribution in [2.75, 3.05) is 19.8 Å². The molecule has 1 fully saturated rings. The largest absolute Gasteiger partial charge is 0.504 e. The topological polar surface area (TPSA) is 186 Å². The number of hydrogen-bond acceptors (Lipinski definition) is 11. The number of phenols is 2. The number of hydrogen-bond donors (Lipinski definition) is 7. The normalized spacial score (nSPS) is 26.4. The number of rotatable bonds is 11. The van der Waals surface area contributed by atoms with Crippen LogP contribution in [0.2, 0.25) is 0 Å². The molecule has 0 radical (unpaired) electrons. The summed E-state index contributed by atoms with van der Waals surface area (Å²) in [5.74, 6) is -1.26. The molecule has 7 N–H and O–H groups in total. The number of aromatic hydroxyl groups is 2. The second-order valence-corrected chi connectivity index (χ2v) is 8.33. The maximum Gasteiger partial charge on any atom is 0.333 e. The Labute approximate surface area is 203 Å². The minimum atomic E-state index is -1.61. The van der Waals surface area contributed by atoms with E-state index in [1.807, 2.05) is 0 Å². The van der Waals surface area contributed by atoms with Crippen molar-refractivity contribution in [3.63, 3.8) is 0 Å². The van der Waals surface area contributed by atoms with E-state index in [9.17, 15) is 35.4 Å². The molecule has 1 heterocycles. The van der Waals surface area contributed by atoms with Crippen molar-refractivity contribution < 1.29 is 54.8 Å². The average Bonchev–Trinajstić information content (AvgIpc) is 2.83. The van der Waals surface area contributed by atoms with E-state index in [2.05, 4.69) is 0 Å². The number of carbonyl (C=O) groups excluding carboxylic acids is 1. The van der Waals surface area contributed by atoms with Gasteiger partial charge < -0.3 is 50.0 Å². The molecule has 1 aliphatic heterocycles. The van der Waals surface area contributed by atoms with Gasteiger partial charge in [-0.1, -0.05) is 18.2 Å². The first kappa shape index (κ1) is 28.7. The Balaban J connectivity index is 1.89. The van der Waals surface area contributed by atoms with Gasteiger partial charge in [-0.05, 0) is 50.0 Å². The number of aliphatic hydroxyl groups excluding tert-OH is 5. The first-order chi connectivity index (χ1) is 16.5. The minimum absolute atomic E-state index is 0.0234. The number of benzene rings is 1. The van der Waals surface area contributed by atoms with Crippen LogP contribution in [-0.4, -0.2) is 98.3 Å². The van der Waals surface area contributed by atoms with Crippen LogP contribution in [0.1, 0.15) is 25.8 Å². The van der Waals surface area contributed by atoms with Crippen LogP contribution in [0.25, 0.3) is 0 Å². The summed E-state index contributed by atoms with van der Waals surface area (Å²) >= 11 is 0. The standard InChI is InChI=1S/C24H34O11/c1-13(7-9-25)16(26)5-3-14(2)23(32)34-12-19-20(29)21(30)22(31)24(35-19)33-10-8-15-4-6-17(27)18(28)11-15/h3-4,6-7,11,16,19-22,24-31H,5,8-10,12H2,1-2H3/b13-7+,14-3+/t16-,19-,20-,21+,22-,24-/m1/s1.